The number of benzene rings is 2. The number of hydrogen-bond donors (Lipinski definition) is 1. The molecule has 2 aromatic rings. The van der Waals surface area contributed by atoms with Crippen LogP contribution in [0.2, 0.25) is 0 Å². The molecule has 3 rings (SSSR count). The molecule has 0 bridgehead atoms. The van der Waals surface area contributed by atoms with Crippen molar-refractivity contribution in [1.29, 1.82) is 0 Å². The SMILES string of the molecule is Cc1ccc(CCCC(=O)NCC(c2ccccc2)N2CCN(C)CC2)cc1. The number of amides is 1. The molecule has 0 aromatic heterocycles. The third-order valence-electron chi connectivity index (χ3n) is 5.65. The number of nitrogens with zero attached hydrogens (tertiary/aromatic N) is 2. The smallest absolute Gasteiger partial charge is 0.220 e. The molecule has 1 aliphatic heterocycles. The third-order valence-corrected chi connectivity index (χ3v) is 5.65. The van der Waals surface area contributed by atoms with Gasteiger partial charge in [0, 0.05) is 39.1 Å². The van der Waals surface area contributed by atoms with Gasteiger partial charge in [-0.3, -0.25) is 9.69 Å². The topological polar surface area (TPSA) is 35.6 Å². The Balaban J connectivity index is 1.49. The molecule has 28 heavy (non-hydrogen) atoms. The summed E-state index contributed by atoms with van der Waals surface area (Å²) in [4.78, 5) is 17.3. The van der Waals surface area contributed by atoms with E-state index < -0.39 is 0 Å². The van der Waals surface area contributed by atoms with Crippen LogP contribution in [-0.2, 0) is 11.2 Å². The summed E-state index contributed by atoms with van der Waals surface area (Å²) in [6, 6.07) is 19.4. The van der Waals surface area contributed by atoms with E-state index in [1.165, 1.54) is 16.7 Å². The van der Waals surface area contributed by atoms with Crippen LogP contribution in [0.1, 0.15) is 35.6 Å². The molecule has 0 radical (unpaired) electrons. The average Bonchev–Trinajstić information content (AvgIpc) is 2.72. The van der Waals surface area contributed by atoms with E-state index in [1.54, 1.807) is 0 Å². The fourth-order valence-electron chi connectivity index (χ4n) is 3.77. The molecule has 1 atom stereocenters. The molecule has 0 spiro atoms. The zero-order valence-corrected chi connectivity index (χ0v) is 17.2. The number of aryl methyl sites for hydroxylation is 2. The Hall–Kier alpha value is -2.17. The minimum Gasteiger partial charge on any atom is -0.354 e. The highest BCUT2D eigenvalue weighted by molar-refractivity contribution is 5.75. The van der Waals surface area contributed by atoms with Gasteiger partial charge >= 0.3 is 0 Å². The van der Waals surface area contributed by atoms with Crippen LogP contribution in [0.5, 0.6) is 0 Å². The van der Waals surface area contributed by atoms with E-state index in [2.05, 4.69) is 77.6 Å². The van der Waals surface area contributed by atoms with E-state index in [0.717, 1.165) is 39.0 Å². The summed E-state index contributed by atoms with van der Waals surface area (Å²) in [5, 5.41) is 3.19. The molecular formula is C24H33N3O. The Morgan fingerprint density at radius 1 is 1.00 bits per heavy atom. The van der Waals surface area contributed by atoms with Gasteiger partial charge in [0.1, 0.15) is 0 Å². The lowest BCUT2D eigenvalue weighted by Gasteiger charge is -2.38. The van der Waals surface area contributed by atoms with Crippen LogP contribution >= 0.6 is 0 Å². The molecule has 1 heterocycles. The van der Waals surface area contributed by atoms with E-state index in [1.807, 2.05) is 6.07 Å². The van der Waals surface area contributed by atoms with Crippen molar-refractivity contribution in [3.63, 3.8) is 0 Å². The van der Waals surface area contributed by atoms with Gasteiger partial charge in [-0.05, 0) is 37.9 Å². The molecule has 1 fully saturated rings. The van der Waals surface area contributed by atoms with Crippen molar-refractivity contribution >= 4 is 5.91 Å². The molecule has 1 saturated heterocycles. The van der Waals surface area contributed by atoms with Crippen LogP contribution in [0, 0.1) is 6.92 Å². The molecule has 1 amide bonds. The van der Waals surface area contributed by atoms with Gasteiger partial charge in [0.2, 0.25) is 5.91 Å². The predicted octanol–water partition coefficient (Wildman–Crippen LogP) is 3.42. The molecule has 150 valence electrons. The lowest BCUT2D eigenvalue weighted by atomic mass is 10.0. The standard InChI is InChI=1S/C24H33N3O/c1-20-11-13-21(14-12-20)7-6-10-24(28)25-19-23(22-8-4-3-5-9-22)27-17-15-26(2)16-18-27/h3-5,8-9,11-14,23H,6-7,10,15-19H2,1-2H3,(H,25,28). The van der Waals surface area contributed by atoms with E-state index in [4.69, 9.17) is 0 Å². The van der Waals surface area contributed by atoms with Gasteiger partial charge in [-0.2, -0.15) is 0 Å². The summed E-state index contributed by atoms with van der Waals surface area (Å²) in [6.07, 6.45) is 2.42. The first kappa shape index (κ1) is 20.6. The maximum absolute atomic E-state index is 12.4. The number of hydrogen-bond acceptors (Lipinski definition) is 3. The summed E-state index contributed by atoms with van der Waals surface area (Å²) in [7, 11) is 2.17. The summed E-state index contributed by atoms with van der Waals surface area (Å²) in [5.74, 6) is 0.155. The van der Waals surface area contributed by atoms with Crippen LogP contribution in [0.15, 0.2) is 54.6 Å². The highest BCUT2D eigenvalue weighted by Crippen LogP contribution is 2.21. The molecule has 1 unspecified atom stereocenters. The van der Waals surface area contributed by atoms with Crippen LogP contribution in [-0.4, -0.2) is 55.5 Å². The number of carbonyl (C=O) groups is 1. The van der Waals surface area contributed by atoms with Crippen molar-refractivity contribution in [2.24, 2.45) is 0 Å². The number of piperazine rings is 1. The van der Waals surface area contributed by atoms with Gasteiger partial charge in [0.15, 0.2) is 0 Å². The summed E-state index contributed by atoms with van der Waals surface area (Å²) >= 11 is 0. The second kappa shape index (κ2) is 10.4. The molecule has 2 aromatic carbocycles. The van der Waals surface area contributed by atoms with Crippen molar-refractivity contribution in [3.8, 4) is 0 Å². The van der Waals surface area contributed by atoms with Gasteiger partial charge < -0.3 is 10.2 Å². The Labute approximate surface area is 169 Å². The molecule has 4 nitrogen and oxygen atoms in total. The highest BCUT2D eigenvalue weighted by atomic mass is 16.1. The van der Waals surface area contributed by atoms with E-state index in [0.29, 0.717) is 13.0 Å². The molecular weight excluding hydrogens is 346 g/mol. The normalized spacial score (nSPS) is 16.6. The van der Waals surface area contributed by atoms with Gasteiger partial charge in [0.05, 0.1) is 6.04 Å². The third kappa shape index (κ3) is 6.18. The first-order valence-corrected chi connectivity index (χ1v) is 10.4. The van der Waals surface area contributed by atoms with Gasteiger partial charge in [-0.15, -0.1) is 0 Å². The minimum absolute atomic E-state index is 0.155. The Morgan fingerprint density at radius 3 is 2.36 bits per heavy atom. The predicted molar refractivity (Wildman–Crippen MR) is 115 cm³/mol. The largest absolute Gasteiger partial charge is 0.354 e. The maximum atomic E-state index is 12.4. The molecule has 0 aliphatic carbocycles. The second-order valence-corrected chi connectivity index (χ2v) is 7.91. The van der Waals surface area contributed by atoms with Crippen molar-refractivity contribution in [3.05, 3.63) is 71.3 Å². The summed E-state index contributed by atoms with van der Waals surface area (Å²) in [5.41, 5.74) is 3.86. The fourth-order valence-corrected chi connectivity index (χ4v) is 3.77. The zero-order valence-electron chi connectivity index (χ0n) is 17.2. The molecule has 1 aliphatic rings. The number of likely N-dealkylation sites (N-methyl/N-ethyl adjacent to an activating group) is 1. The minimum atomic E-state index is 0.155. The van der Waals surface area contributed by atoms with E-state index in [9.17, 15) is 4.79 Å². The Kier molecular flexibility index (Phi) is 7.63. The number of nitrogens with one attached hydrogen (secondary N) is 1. The van der Waals surface area contributed by atoms with Gasteiger partial charge in [-0.1, -0.05) is 60.2 Å². The molecule has 0 saturated carbocycles. The molecule has 4 heteroatoms. The Morgan fingerprint density at radius 2 is 1.68 bits per heavy atom. The lowest BCUT2D eigenvalue weighted by Crippen LogP contribution is -2.48. The number of rotatable bonds is 8. The Bertz CT molecular complexity index is 721. The van der Waals surface area contributed by atoms with Crippen LogP contribution < -0.4 is 5.32 Å². The van der Waals surface area contributed by atoms with Gasteiger partial charge in [0.25, 0.3) is 0 Å². The quantitative estimate of drug-likeness (QED) is 0.763. The first-order chi connectivity index (χ1) is 13.6. The van der Waals surface area contributed by atoms with Gasteiger partial charge in [-0.25, -0.2) is 0 Å². The fraction of sp³-hybridized carbons (Fsp3) is 0.458. The second-order valence-electron chi connectivity index (χ2n) is 7.91. The van der Waals surface area contributed by atoms with Crippen molar-refractivity contribution in [1.82, 2.24) is 15.1 Å². The maximum Gasteiger partial charge on any atom is 0.220 e. The average molecular weight is 380 g/mol. The summed E-state index contributed by atoms with van der Waals surface area (Å²) in [6.45, 7) is 7.01. The highest BCUT2D eigenvalue weighted by Gasteiger charge is 2.24. The van der Waals surface area contributed by atoms with Crippen molar-refractivity contribution in [2.45, 2.75) is 32.2 Å². The van der Waals surface area contributed by atoms with Crippen LogP contribution in [0.25, 0.3) is 0 Å². The zero-order chi connectivity index (χ0) is 19.8. The number of carbonyl (C=O) groups excluding carboxylic acids is 1. The van der Waals surface area contributed by atoms with E-state index >= 15 is 0 Å². The van der Waals surface area contributed by atoms with Crippen molar-refractivity contribution < 1.29 is 4.79 Å². The summed E-state index contributed by atoms with van der Waals surface area (Å²) < 4.78 is 0. The lowest BCUT2D eigenvalue weighted by molar-refractivity contribution is -0.121. The molecule has 1 N–H and O–H groups in total. The monoisotopic (exact) mass is 379 g/mol. The van der Waals surface area contributed by atoms with E-state index in [-0.39, 0.29) is 11.9 Å². The first-order valence-electron chi connectivity index (χ1n) is 10.4. The van der Waals surface area contributed by atoms with Crippen LogP contribution in [0.3, 0.4) is 0 Å². The van der Waals surface area contributed by atoms with Crippen molar-refractivity contribution in [2.75, 3.05) is 39.8 Å². The van der Waals surface area contributed by atoms with Crippen LogP contribution in [0.4, 0.5) is 0 Å².